The Kier molecular flexibility index (Phi) is 3.31. The first-order valence-electron chi connectivity index (χ1n) is 5.04. The maximum absolute atomic E-state index is 11.5. The Bertz CT molecular complexity index is 193. The molecule has 1 aliphatic rings. The lowest BCUT2D eigenvalue weighted by atomic mass is 9.77. The molecular weight excluding hydrogens is 166 g/mol. The highest BCUT2D eigenvalue weighted by Crippen LogP contribution is 2.31. The van der Waals surface area contributed by atoms with Gasteiger partial charge in [-0.05, 0) is 25.7 Å². The SMILES string of the molecule is CCOC(=O)[C@@]1(N)CCC[C@H](C)C1. The zero-order valence-electron chi connectivity index (χ0n) is 8.51. The molecule has 1 aliphatic carbocycles. The highest BCUT2D eigenvalue weighted by molar-refractivity contribution is 5.80. The first-order chi connectivity index (χ1) is 6.08. The summed E-state index contributed by atoms with van der Waals surface area (Å²) < 4.78 is 4.97. The monoisotopic (exact) mass is 185 g/mol. The minimum absolute atomic E-state index is 0.221. The smallest absolute Gasteiger partial charge is 0.326 e. The van der Waals surface area contributed by atoms with Gasteiger partial charge in [0.05, 0.1) is 6.61 Å². The molecule has 0 unspecified atom stereocenters. The van der Waals surface area contributed by atoms with Crippen LogP contribution in [0.25, 0.3) is 0 Å². The summed E-state index contributed by atoms with van der Waals surface area (Å²) in [6.45, 7) is 4.37. The van der Waals surface area contributed by atoms with E-state index in [2.05, 4.69) is 6.92 Å². The number of ether oxygens (including phenoxy) is 1. The number of hydrogen-bond acceptors (Lipinski definition) is 3. The van der Waals surface area contributed by atoms with Crippen LogP contribution in [0.5, 0.6) is 0 Å². The molecular formula is C10H19NO2. The normalized spacial score (nSPS) is 34.2. The molecule has 76 valence electrons. The molecule has 1 rings (SSSR count). The van der Waals surface area contributed by atoms with Gasteiger partial charge in [-0.25, -0.2) is 0 Å². The van der Waals surface area contributed by atoms with Crippen LogP contribution in [0.4, 0.5) is 0 Å². The lowest BCUT2D eigenvalue weighted by Crippen LogP contribution is -2.51. The molecule has 2 atom stereocenters. The van der Waals surface area contributed by atoms with Crippen molar-refractivity contribution in [2.75, 3.05) is 6.61 Å². The molecule has 0 aromatic heterocycles. The molecule has 0 bridgehead atoms. The van der Waals surface area contributed by atoms with Crippen LogP contribution in [0.3, 0.4) is 0 Å². The summed E-state index contributed by atoms with van der Waals surface area (Å²) in [4.78, 5) is 11.5. The Hall–Kier alpha value is -0.570. The Morgan fingerprint density at radius 2 is 2.38 bits per heavy atom. The maximum Gasteiger partial charge on any atom is 0.326 e. The van der Waals surface area contributed by atoms with Crippen LogP contribution in [0.2, 0.25) is 0 Å². The van der Waals surface area contributed by atoms with Crippen molar-refractivity contribution in [3.8, 4) is 0 Å². The van der Waals surface area contributed by atoms with Crippen molar-refractivity contribution >= 4 is 5.97 Å². The van der Waals surface area contributed by atoms with Gasteiger partial charge in [-0.1, -0.05) is 19.8 Å². The molecule has 2 N–H and O–H groups in total. The number of nitrogens with two attached hydrogens (primary N) is 1. The van der Waals surface area contributed by atoms with E-state index in [0.29, 0.717) is 12.5 Å². The standard InChI is InChI=1S/C10H19NO2/c1-3-13-9(12)10(11)6-4-5-8(2)7-10/h8H,3-7,11H2,1-2H3/t8-,10+/m0/s1. The van der Waals surface area contributed by atoms with Gasteiger partial charge >= 0.3 is 5.97 Å². The zero-order valence-corrected chi connectivity index (χ0v) is 8.51. The molecule has 1 fully saturated rings. The largest absolute Gasteiger partial charge is 0.465 e. The van der Waals surface area contributed by atoms with E-state index in [1.54, 1.807) is 0 Å². The van der Waals surface area contributed by atoms with Gasteiger partial charge in [-0.15, -0.1) is 0 Å². The van der Waals surface area contributed by atoms with E-state index in [1.807, 2.05) is 6.92 Å². The summed E-state index contributed by atoms with van der Waals surface area (Å²) in [6.07, 6.45) is 3.76. The van der Waals surface area contributed by atoms with Gasteiger partial charge in [0.15, 0.2) is 0 Å². The Morgan fingerprint density at radius 3 is 2.92 bits per heavy atom. The molecule has 0 heterocycles. The lowest BCUT2D eigenvalue weighted by Gasteiger charge is -2.34. The van der Waals surface area contributed by atoms with Crippen molar-refractivity contribution in [1.29, 1.82) is 0 Å². The summed E-state index contributed by atoms with van der Waals surface area (Å²) >= 11 is 0. The molecule has 0 saturated heterocycles. The molecule has 0 amide bonds. The van der Waals surface area contributed by atoms with E-state index in [4.69, 9.17) is 10.5 Å². The highest BCUT2D eigenvalue weighted by Gasteiger charge is 2.39. The van der Waals surface area contributed by atoms with Crippen molar-refractivity contribution < 1.29 is 9.53 Å². The summed E-state index contributed by atoms with van der Waals surface area (Å²) in [7, 11) is 0. The number of hydrogen-bond donors (Lipinski definition) is 1. The van der Waals surface area contributed by atoms with Crippen molar-refractivity contribution in [1.82, 2.24) is 0 Å². The van der Waals surface area contributed by atoms with Crippen LogP contribution in [-0.2, 0) is 9.53 Å². The van der Waals surface area contributed by atoms with Crippen molar-refractivity contribution in [2.24, 2.45) is 11.7 Å². The van der Waals surface area contributed by atoms with Crippen molar-refractivity contribution in [3.63, 3.8) is 0 Å². The van der Waals surface area contributed by atoms with Crippen LogP contribution in [0.1, 0.15) is 39.5 Å². The Morgan fingerprint density at radius 1 is 1.69 bits per heavy atom. The van der Waals surface area contributed by atoms with E-state index < -0.39 is 5.54 Å². The maximum atomic E-state index is 11.5. The molecule has 3 nitrogen and oxygen atoms in total. The fourth-order valence-corrected chi connectivity index (χ4v) is 2.05. The zero-order chi connectivity index (χ0) is 9.90. The van der Waals surface area contributed by atoms with E-state index >= 15 is 0 Å². The molecule has 0 spiro atoms. The highest BCUT2D eigenvalue weighted by atomic mass is 16.5. The molecule has 0 aromatic rings. The van der Waals surface area contributed by atoms with Gasteiger partial charge in [0, 0.05) is 0 Å². The van der Waals surface area contributed by atoms with Gasteiger partial charge in [-0.3, -0.25) is 4.79 Å². The van der Waals surface area contributed by atoms with Crippen LogP contribution in [0.15, 0.2) is 0 Å². The van der Waals surface area contributed by atoms with Crippen LogP contribution < -0.4 is 5.73 Å². The number of rotatable bonds is 2. The van der Waals surface area contributed by atoms with Crippen LogP contribution >= 0.6 is 0 Å². The van der Waals surface area contributed by atoms with Crippen LogP contribution in [0, 0.1) is 5.92 Å². The summed E-state index contributed by atoms with van der Waals surface area (Å²) in [5, 5.41) is 0. The van der Waals surface area contributed by atoms with Gasteiger partial charge in [0.1, 0.15) is 5.54 Å². The third kappa shape index (κ3) is 2.44. The third-order valence-corrected chi connectivity index (χ3v) is 2.71. The van der Waals surface area contributed by atoms with Gasteiger partial charge in [0.25, 0.3) is 0 Å². The first kappa shape index (κ1) is 10.5. The van der Waals surface area contributed by atoms with E-state index in [0.717, 1.165) is 19.3 Å². The van der Waals surface area contributed by atoms with E-state index in [-0.39, 0.29) is 5.97 Å². The molecule has 0 aromatic carbocycles. The van der Waals surface area contributed by atoms with E-state index in [9.17, 15) is 4.79 Å². The summed E-state index contributed by atoms with van der Waals surface area (Å²) in [6, 6.07) is 0. The Labute approximate surface area is 79.6 Å². The van der Waals surface area contributed by atoms with Gasteiger partial charge < -0.3 is 10.5 Å². The minimum Gasteiger partial charge on any atom is -0.465 e. The summed E-state index contributed by atoms with van der Waals surface area (Å²) in [5.41, 5.74) is 5.30. The topological polar surface area (TPSA) is 52.3 Å². The number of carbonyl (C=O) groups is 1. The second-order valence-corrected chi connectivity index (χ2v) is 4.08. The van der Waals surface area contributed by atoms with Crippen molar-refractivity contribution in [2.45, 2.75) is 45.1 Å². The minimum atomic E-state index is -0.701. The van der Waals surface area contributed by atoms with Gasteiger partial charge in [0.2, 0.25) is 0 Å². The number of esters is 1. The average Bonchev–Trinajstić information content (AvgIpc) is 2.04. The Balaban J connectivity index is 2.57. The average molecular weight is 185 g/mol. The van der Waals surface area contributed by atoms with Gasteiger partial charge in [-0.2, -0.15) is 0 Å². The predicted octanol–water partition coefficient (Wildman–Crippen LogP) is 1.46. The lowest BCUT2D eigenvalue weighted by molar-refractivity contribution is -0.151. The second-order valence-electron chi connectivity index (χ2n) is 4.08. The molecule has 0 radical (unpaired) electrons. The van der Waals surface area contributed by atoms with Crippen LogP contribution in [-0.4, -0.2) is 18.1 Å². The van der Waals surface area contributed by atoms with Crippen molar-refractivity contribution in [3.05, 3.63) is 0 Å². The first-order valence-corrected chi connectivity index (χ1v) is 5.04. The third-order valence-electron chi connectivity index (χ3n) is 2.71. The number of carbonyl (C=O) groups excluding carboxylic acids is 1. The fraction of sp³-hybridized carbons (Fsp3) is 0.900. The van der Waals surface area contributed by atoms with E-state index in [1.165, 1.54) is 6.42 Å². The molecule has 13 heavy (non-hydrogen) atoms. The summed E-state index contributed by atoms with van der Waals surface area (Å²) in [5.74, 6) is 0.324. The fourth-order valence-electron chi connectivity index (χ4n) is 2.05. The quantitative estimate of drug-likeness (QED) is 0.662. The second kappa shape index (κ2) is 4.09. The predicted molar refractivity (Wildman–Crippen MR) is 51.2 cm³/mol. The molecule has 0 aliphatic heterocycles. The molecule has 3 heteroatoms. The molecule has 1 saturated carbocycles.